The summed E-state index contributed by atoms with van der Waals surface area (Å²) in [5.74, 6) is 3.24. The van der Waals surface area contributed by atoms with Crippen LogP contribution < -0.4 is 14.2 Å². The number of hydrogen-bond acceptors (Lipinski definition) is 5. The van der Waals surface area contributed by atoms with E-state index in [0.29, 0.717) is 6.61 Å². The molecular weight excluding hydrogens is 400 g/mol. The van der Waals surface area contributed by atoms with Gasteiger partial charge in [-0.05, 0) is 67.6 Å². The summed E-state index contributed by atoms with van der Waals surface area (Å²) in [6.45, 7) is 3.71. The van der Waals surface area contributed by atoms with Crippen molar-refractivity contribution in [1.82, 2.24) is 9.88 Å². The van der Waals surface area contributed by atoms with E-state index in [9.17, 15) is 0 Å². The molecule has 0 radical (unpaired) electrons. The quantitative estimate of drug-likeness (QED) is 0.469. The van der Waals surface area contributed by atoms with Gasteiger partial charge in [-0.2, -0.15) is 0 Å². The Morgan fingerprint density at radius 3 is 2.28 bits per heavy atom. The highest BCUT2D eigenvalue weighted by molar-refractivity contribution is 5.46. The molecule has 0 N–H and O–H groups in total. The van der Waals surface area contributed by atoms with E-state index in [-0.39, 0.29) is 0 Å². The van der Waals surface area contributed by atoms with Crippen LogP contribution in [0.2, 0.25) is 0 Å². The second-order valence-electron chi connectivity index (χ2n) is 8.36. The summed E-state index contributed by atoms with van der Waals surface area (Å²) < 4.78 is 16.9. The monoisotopic (exact) mass is 432 g/mol. The highest BCUT2D eigenvalue weighted by atomic mass is 16.5. The molecule has 2 aromatic carbocycles. The summed E-state index contributed by atoms with van der Waals surface area (Å²) in [5, 5.41) is 0. The smallest absolute Gasteiger partial charge is 0.165 e. The van der Waals surface area contributed by atoms with E-state index in [1.54, 1.807) is 26.6 Å². The lowest BCUT2D eigenvalue weighted by atomic mass is 9.89. The summed E-state index contributed by atoms with van der Waals surface area (Å²) in [5.41, 5.74) is 3.79. The molecule has 1 saturated heterocycles. The van der Waals surface area contributed by atoms with Gasteiger partial charge in [0.25, 0.3) is 0 Å². The molecule has 0 unspecified atom stereocenters. The molecule has 32 heavy (non-hydrogen) atoms. The van der Waals surface area contributed by atoms with Crippen molar-refractivity contribution in [3.63, 3.8) is 0 Å². The number of rotatable bonds is 9. The van der Waals surface area contributed by atoms with E-state index in [2.05, 4.69) is 40.2 Å². The van der Waals surface area contributed by atoms with E-state index in [1.165, 1.54) is 29.5 Å². The largest absolute Gasteiger partial charge is 0.493 e. The zero-order valence-corrected chi connectivity index (χ0v) is 19.0. The first-order valence-electron chi connectivity index (χ1n) is 11.3. The summed E-state index contributed by atoms with van der Waals surface area (Å²) in [6.07, 6.45) is 7.08. The molecule has 3 aromatic rings. The second kappa shape index (κ2) is 11.0. The third-order valence-electron chi connectivity index (χ3n) is 6.19. The number of para-hydroxylation sites is 1. The molecule has 1 aliphatic rings. The molecule has 5 nitrogen and oxygen atoms in total. The number of ether oxygens (including phenoxy) is 3. The zero-order chi connectivity index (χ0) is 22.2. The van der Waals surface area contributed by atoms with Crippen molar-refractivity contribution in [3.05, 3.63) is 83.7 Å². The summed E-state index contributed by atoms with van der Waals surface area (Å²) in [4.78, 5) is 6.54. The molecule has 1 fully saturated rings. The lowest BCUT2D eigenvalue weighted by molar-refractivity contribution is 0.175. The third kappa shape index (κ3) is 5.80. The van der Waals surface area contributed by atoms with Crippen LogP contribution in [0.25, 0.3) is 0 Å². The molecular formula is C27H32N2O3. The van der Waals surface area contributed by atoms with Gasteiger partial charge in [-0.15, -0.1) is 0 Å². The zero-order valence-electron chi connectivity index (χ0n) is 19.0. The van der Waals surface area contributed by atoms with Crippen molar-refractivity contribution in [3.8, 4) is 17.2 Å². The van der Waals surface area contributed by atoms with Crippen molar-refractivity contribution in [2.75, 3.05) is 27.3 Å². The Kier molecular flexibility index (Phi) is 7.62. The Morgan fingerprint density at radius 2 is 1.59 bits per heavy atom. The van der Waals surface area contributed by atoms with E-state index in [4.69, 9.17) is 14.2 Å². The Hall–Kier alpha value is -3.05. The fourth-order valence-electron chi connectivity index (χ4n) is 4.37. The van der Waals surface area contributed by atoms with Gasteiger partial charge >= 0.3 is 0 Å². The van der Waals surface area contributed by atoms with Crippen molar-refractivity contribution >= 4 is 0 Å². The Balaban J connectivity index is 1.24. The molecule has 0 spiro atoms. The molecule has 5 heteroatoms. The highest BCUT2D eigenvalue weighted by Crippen LogP contribution is 2.32. The van der Waals surface area contributed by atoms with Crippen LogP contribution in [0.1, 0.15) is 29.5 Å². The van der Waals surface area contributed by atoms with Crippen LogP contribution in [-0.4, -0.2) is 37.2 Å². The number of methoxy groups -OCH3 is 2. The minimum atomic E-state index is 0.580. The molecule has 0 amide bonds. The van der Waals surface area contributed by atoms with Crippen LogP contribution >= 0.6 is 0 Å². The lowest BCUT2D eigenvalue weighted by Gasteiger charge is -2.32. The molecule has 0 bridgehead atoms. The lowest BCUT2D eigenvalue weighted by Crippen LogP contribution is -2.34. The average molecular weight is 433 g/mol. The third-order valence-corrected chi connectivity index (χ3v) is 6.19. The van der Waals surface area contributed by atoms with Crippen molar-refractivity contribution in [1.29, 1.82) is 0 Å². The first kappa shape index (κ1) is 22.2. The van der Waals surface area contributed by atoms with Crippen LogP contribution in [-0.2, 0) is 19.6 Å². The highest BCUT2D eigenvalue weighted by Gasteiger charge is 2.21. The molecule has 1 aliphatic heterocycles. The number of pyridine rings is 1. The van der Waals surface area contributed by atoms with Gasteiger partial charge in [0.15, 0.2) is 11.5 Å². The fraction of sp³-hybridized carbons (Fsp3) is 0.370. The normalized spacial score (nSPS) is 14.8. The van der Waals surface area contributed by atoms with Gasteiger partial charge in [0.1, 0.15) is 12.4 Å². The van der Waals surface area contributed by atoms with Crippen molar-refractivity contribution in [2.45, 2.75) is 32.4 Å². The van der Waals surface area contributed by atoms with Crippen LogP contribution in [0.4, 0.5) is 0 Å². The minimum Gasteiger partial charge on any atom is -0.493 e. The van der Waals surface area contributed by atoms with Crippen molar-refractivity contribution < 1.29 is 14.2 Å². The van der Waals surface area contributed by atoms with Crippen LogP contribution in [0.3, 0.4) is 0 Å². The predicted octanol–water partition coefficient (Wildman–Crippen LogP) is 5.13. The van der Waals surface area contributed by atoms with Crippen LogP contribution in [0.5, 0.6) is 17.2 Å². The minimum absolute atomic E-state index is 0.580. The number of benzene rings is 2. The molecule has 168 valence electrons. The standard InChI is InChI=1S/C27H32N2O3/c1-30-26-5-3-4-24(27(26)31-2)19-29-16-12-22(13-17-29)18-21-6-8-23(9-7-21)20-32-25-10-14-28-15-11-25/h3-11,14-15,22H,12-13,16-20H2,1-2H3. The first-order valence-corrected chi connectivity index (χ1v) is 11.3. The molecule has 2 heterocycles. The molecule has 0 saturated carbocycles. The van der Waals surface area contributed by atoms with Gasteiger partial charge in [-0.1, -0.05) is 36.4 Å². The van der Waals surface area contributed by atoms with Gasteiger partial charge in [0.05, 0.1) is 14.2 Å². The maximum atomic E-state index is 5.81. The topological polar surface area (TPSA) is 43.8 Å². The average Bonchev–Trinajstić information content (AvgIpc) is 2.85. The maximum absolute atomic E-state index is 5.81. The number of aromatic nitrogens is 1. The molecule has 0 aliphatic carbocycles. The SMILES string of the molecule is COc1cccc(CN2CCC(Cc3ccc(COc4ccncc4)cc3)CC2)c1OC. The van der Waals surface area contributed by atoms with E-state index >= 15 is 0 Å². The Bertz CT molecular complexity index is 968. The van der Waals surface area contributed by atoms with E-state index < -0.39 is 0 Å². The van der Waals surface area contributed by atoms with Crippen molar-refractivity contribution in [2.24, 2.45) is 5.92 Å². The number of hydrogen-bond donors (Lipinski definition) is 0. The molecule has 4 rings (SSSR count). The van der Waals surface area contributed by atoms with Crippen LogP contribution in [0.15, 0.2) is 67.0 Å². The van der Waals surface area contributed by atoms with Gasteiger partial charge in [0, 0.05) is 24.5 Å². The van der Waals surface area contributed by atoms with Gasteiger partial charge < -0.3 is 14.2 Å². The van der Waals surface area contributed by atoms with Gasteiger partial charge in [-0.3, -0.25) is 9.88 Å². The van der Waals surface area contributed by atoms with E-state index in [1.807, 2.05) is 24.3 Å². The summed E-state index contributed by atoms with van der Waals surface area (Å²) >= 11 is 0. The fourth-order valence-corrected chi connectivity index (χ4v) is 4.37. The first-order chi connectivity index (χ1) is 15.7. The van der Waals surface area contributed by atoms with Gasteiger partial charge in [-0.25, -0.2) is 0 Å². The van der Waals surface area contributed by atoms with E-state index in [0.717, 1.165) is 49.2 Å². The Morgan fingerprint density at radius 1 is 0.875 bits per heavy atom. The summed E-state index contributed by atoms with van der Waals surface area (Å²) in [6, 6.07) is 18.7. The number of likely N-dealkylation sites (tertiary alicyclic amines) is 1. The van der Waals surface area contributed by atoms with Crippen LogP contribution in [0, 0.1) is 5.92 Å². The molecule has 1 aromatic heterocycles. The number of piperidine rings is 1. The predicted molar refractivity (Wildman–Crippen MR) is 126 cm³/mol. The van der Waals surface area contributed by atoms with Gasteiger partial charge in [0.2, 0.25) is 0 Å². The summed E-state index contributed by atoms with van der Waals surface area (Å²) in [7, 11) is 3.40. The second-order valence-corrected chi connectivity index (χ2v) is 8.36. The number of nitrogens with zero attached hydrogens (tertiary/aromatic N) is 2. The molecule has 0 atom stereocenters. The maximum Gasteiger partial charge on any atom is 0.165 e. The Labute approximate surface area is 191 Å².